The maximum atomic E-state index is 4.70. The molecule has 3 rings (SSSR count). The molecule has 0 radical (unpaired) electrons. The normalized spacial score (nSPS) is 15.3. The number of rotatable bonds is 8. The fraction of sp³-hybridized carbons (Fsp3) is 0.571. The predicted molar refractivity (Wildman–Crippen MR) is 110 cm³/mol. The Hall–Kier alpha value is -2.37. The van der Waals surface area contributed by atoms with Gasteiger partial charge in [-0.05, 0) is 44.2 Å². The Morgan fingerprint density at radius 3 is 2.74 bits per heavy atom. The van der Waals surface area contributed by atoms with E-state index in [1.165, 1.54) is 38.5 Å². The summed E-state index contributed by atoms with van der Waals surface area (Å²) in [6, 6.07) is 4.09. The predicted octanol–water partition coefficient (Wildman–Crippen LogP) is 3.60. The molecule has 6 nitrogen and oxygen atoms in total. The molecule has 0 saturated heterocycles. The molecule has 0 atom stereocenters. The number of hydrogen-bond acceptors (Lipinski definition) is 3. The number of hydrogen-bond donors (Lipinski definition) is 2. The molecule has 2 heterocycles. The van der Waals surface area contributed by atoms with Crippen LogP contribution in [-0.2, 0) is 6.54 Å². The zero-order valence-electron chi connectivity index (χ0n) is 16.6. The van der Waals surface area contributed by atoms with Gasteiger partial charge in [-0.1, -0.05) is 31.7 Å². The van der Waals surface area contributed by atoms with Crippen LogP contribution in [0.15, 0.2) is 35.7 Å². The molecule has 2 N–H and O–H groups in total. The second-order valence-corrected chi connectivity index (χ2v) is 7.28. The van der Waals surface area contributed by atoms with E-state index in [9.17, 15) is 0 Å². The molecule has 6 heteroatoms. The maximum Gasteiger partial charge on any atom is 0.191 e. The van der Waals surface area contributed by atoms with E-state index in [1.807, 2.05) is 30.0 Å². The van der Waals surface area contributed by atoms with E-state index in [0.717, 1.165) is 42.2 Å². The summed E-state index contributed by atoms with van der Waals surface area (Å²) in [4.78, 5) is 13.5. The Labute approximate surface area is 162 Å². The third kappa shape index (κ3) is 5.81. The highest BCUT2D eigenvalue weighted by molar-refractivity contribution is 5.79. The molecule has 2 aromatic rings. The number of pyridine rings is 1. The van der Waals surface area contributed by atoms with Crippen LogP contribution >= 0.6 is 0 Å². The fourth-order valence-electron chi connectivity index (χ4n) is 3.68. The molecule has 0 aromatic carbocycles. The Bertz CT molecular complexity index is 713. The smallest absolute Gasteiger partial charge is 0.191 e. The average molecular weight is 369 g/mol. The highest BCUT2D eigenvalue weighted by atomic mass is 15.2. The van der Waals surface area contributed by atoms with Crippen molar-refractivity contribution >= 4 is 5.96 Å². The van der Waals surface area contributed by atoms with E-state index >= 15 is 0 Å². The molecule has 0 amide bonds. The second-order valence-electron chi connectivity index (χ2n) is 7.28. The van der Waals surface area contributed by atoms with Crippen molar-refractivity contribution in [1.29, 1.82) is 0 Å². The monoisotopic (exact) mass is 368 g/mol. The van der Waals surface area contributed by atoms with Crippen molar-refractivity contribution in [3.8, 4) is 5.82 Å². The van der Waals surface area contributed by atoms with Gasteiger partial charge in [0.25, 0.3) is 0 Å². The van der Waals surface area contributed by atoms with E-state index in [4.69, 9.17) is 4.99 Å². The zero-order valence-corrected chi connectivity index (χ0v) is 16.6. The third-order valence-corrected chi connectivity index (χ3v) is 5.20. The first-order valence-corrected chi connectivity index (χ1v) is 10.2. The van der Waals surface area contributed by atoms with Gasteiger partial charge in [0, 0.05) is 31.7 Å². The van der Waals surface area contributed by atoms with Gasteiger partial charge in [-0.15, -0.1) is 0 Å². The SMILES string of the molecule is CCNC(=NCc1ccc(-n2ccnc2C)nc1)NCCCC1CCCC1. The molecule has 1 aliphatic carbocycles. The number of nitrogens with zero attached hydrogens (tertiary/aromatic N) is 4. The van der Waals surface area contributed by atoms with Crippen molar-refractivity contribution in [3.05, 3.63) is 42.1 Å². The molecule has 1 fully saturated rings. The standard InChI is InChI=1S/C21H32N6/c1-3-22-21(24-12-6-9-18-7-4-5-8-18)26-16-19-10-11-20(25-15-19)27-14-13-23-17(27)2/h10-11,13-15,18H,3-9,12,16H2,1-2H3,(H2,22,24,26). The van der Waals surface area contributed by atoms with Crippen LogP contribution < -0.4 is 10.6 Å². The Morgan fingerprint density at radius 2 is 2.07 bits per heavy atom. The quantitative estimate of drug-likeness (QED) is 0.424. The molecular weight excluding hydrogens is 336 g/mol. The van der Waals surface area contributed by atoms with E-state index in [1.54, 1.807) is 6.20 Å². The first kappa shape index (κ1) is 19.4. The van der Waals surface area contributed by atoms with Crippen molar-refractivity contribution < 1.29 is 0 Å². The highest BCUT2D eigenvalue weighted by Gasteiger charge is 2.14. The minimum absolute atomic E-state index is 0.619. The van der Waals surface area contributed by atoms with Crippen molar-refractivity contribution in [2.24, 2.45) is 10.9 Å². The van der Waals surface area contributed by atoms with Gasteiger partial charge >= 0.3 is 0 Å². The average Bonchev–Trinajstić information content (AvgIpc) is 3.35. The van der Waals surface area contributed by atoms with Crippen LogP contribution in [0.2, 0.25) is 0 Å². The van der Waals surface area contributed by atoms with Crippen LogP contribution in [-0.4, -0.2) is 33.6 Å². The summed E-state index contributed by atoms with van der Waals surface area (Å²) in [6.07, 6.45) is 13.9. The number of guanidine groups is 1. The molecule has 1 saturated carbocycles. The van der Waals surface area contributed by atoms with Crippen LogP contribution in [0.1, 0.15) is 56.8 Å². The summed E-state index contributed by atoms with van der Waals surface area (Å²) in [5.41, 5.74) is 1.10. The summed E-state index contributed by atoms with van der Waals surface area (Å²) in [5, 5.41) is 6.79. The van der Waals surface area contributed by atoms with Gasteiger partial charge in [-0.2, -0.15) is 0 Å². The third-order valence-electron chi connectivity index (χ3n) is 5.20. The number of aromatic nitrogens is 3. The van der Waals surface area contributed by atoms with Gasteiger partial charge in [0.2, 0.25) is 0 Å². The Balaban J connectivity index is 1.49. The molecular formula is C21H32N6. The summed E-state index contributed by atoms with van der Waals surface area (Å²) >= 11 is 0. The van der Waals surface area contributed by atoms with Gasteiger partial charge in [0.1, 0.15) is 11.6 Å². The van der Waals surface area contributed by atoms with Crippen molar-refractivity contribution in [2.75, 3.05) is 13.1 Å². The lowest BCUT2D eigenvalue weighted by atomic mass is 10.0. The lowest BCUT2D eigenvalue weighted by Gasteiger charge is -2.13. The van der Waals surface area contributed by atoms with Gasteiger partial charge in [-0.25, -0.2) is 15.0 Å². The van der Waals surface area contributed by atoms with Crippen LogP contribution in [0.5, 0.6) is 0 Å². The first-order chi connectivity index (χ1) is 13.3. The zero-order chi connectivity index (χ0) is 18.9. The Morgan fingerprint density at radius 1 is 1.22 bits per heavy atom. The van der Waals surface area contributed by atoms with Crippen LogP contribution in [0.3, 0.4) is 0 Å². The topological polar surface area (TPSA) is 67.1 Å². The van der Waals surface area contributed by atoms with Crippen molar-refractivity contribution in [2.45, 2.75) is 58.9 Å². The lowest BCUT2D eigenvalue weighted by Crippen LogP contribution is -2.37. The lowest BCUT2D eigenvalue weighted by molar-refractivity contribution is 0.481. The van der Waals surface area contributed by atoms with Gasteiger partial charge in [-0.3, -0.25) is 4.57 Å². The van der Waals surface area contributed by atoms with Crippen LogP contribution in [0.4, 0.5) is 0 Å². The van der Waals surface area contributed by atoms with Crippen LogP contribution in [0.25, 0.3) is 5.82 Å². The van der Waals surface area contributed by atoms with E-state index < -0.39 is 0 Å². The molecule has 0 spiro atoms. The van der Waals surface area contributed by atoms with Crippen LogP contribution in [0, 0.1) is 12.8 Å². The van der Waals surface area contributed by atoms with Crippen molar-refractivity contribution in [1.82, 2.24) is 25.2 Å². The largest absolute Gasteiger partial charge is 0.357 e. The molecule has 146 valence electrons. The molecule has 0 unspecified atom stereocenters. The molecule has 0 bridgehead atoms. The maximum absolute atomic E-state index is 4.70. The van der Waals surface area contributed by atoms with E-state index in [-0.39, 0.29) is 0 Å². The van der Waals surface area contributed by atoms with E-state index in [0.29, 0.717) is 6.54 Å². The number of nitrogens with one attached hydrogen (secondary N) is 2. The molecule has 1 aliphatic rings. The highest BCUT2D eigenvalue weighted by Crippen LogP contribution is 2.28. The summed E-state index contributed by atoms with van der Waals surface area (Å²) < 4.78 is 1.98. The van der Waals surface area contributed by atoms with Gasteiger partial charge in [0.05, 0.1) is 6.54 Å². The summed E-state index contributed by atoms with van der Waals surface area (Å²) in [5.74, 6) is 3.66. The minimum Gasteiger partial charge on any atom is -0.357 e. The number of aryl methyl sites for hydroxylation is 1. The van der Waals surface area contributed by atoms with Gasteiger partial charge in [0.15, 0.2) is 5.96 Å². The minimum atomic E-state index is 0.619. The summed E-state index contributed by atoms with van der Waals surface area (Å²) in [7, 11) is 0. The number of aliphatic imine (C=N–C) groups is 1. The van der Waals surface area contributed by atoms with E-state index in [2.05, 4.69) is 33.6 Å². The number of imidazole rings is 1. The second kappa shape index (κ2) is 10.1. The Kier molecular flexibility index (Phi) is 7.25. The molecule has 2 aromatic heterocycles. The molecule has 27 heavy (non-hydrogen) atoms. The van der Waals surface area contributed by atoms with Crippen molar-refractivity contribution in [3.63, 3.8) is 0 Å². The first-order valence-electron chi connectivity index (χ1n) is 10.2. The van der Waals surface area contributed by atoms with Gasteiger partial charge < -0.3 is 10.6 Å². The molecule has 0 aliphatic heterocycles. The summed E-state index contributed by atoms with van der Waals surface area (Å²) in [6.45, 7) is 6.54. The fourth-order valence-corrected chi connectivity index (χ4v) is 3.68.